The van der Waals surface area contributed by atoms with Crippen LogP contribution in [0, 0.1) is 11.3 Å². The SMILES string of the molecule is N#Cc1ccc(Sc2nc3ccc(N)cc3[nH]2)cc1. The third-order valence-corrected chi connectivity index (χ3v) is 3.58. The van der Waals surface area contributed by atoms with E-state index in [0.29, 0.717) is 11.3 Å². The quantitative estimate of drug-likeness (QED) is 0.698. The number of nitrogens with zero attached hydrogens (tertiary/aromatic N) is 2. The smallest absolute Gasteiger partial charge is 0.171 e. The summed E-state index contributed by atoms with van der Waals surface area (Å²) in [5.74, 6) is 0. The molecule has 5 heteroatoms. The third-order valence-electron chi connectivity index (χ3n) is 2.68. The zero-order chi connectivity index (χ0) is 13.2. The van der Waals surface area contributed by atoms with Gasteiger partial charge in [-0.2, -0.15) is 5.26 Å². The maximum Gasteiger partial charge on any atom is 0.171 e. The summed E-state index contributed by atoms with van der Waals surface area (Å²) in [5.41, 5.74) is 8.92. The summed E-state index contributed by atoms with van der Waals surface area (Å²) in [7, 11) is 0. The van der Waals surface area contributed by atoms with Gasteiger partial charge in [0, 0.05) is 10.6 Å². The van der Waals surface area contributed by atoms with Crippen molar-refractivity contribution >= 4 is 28.5 Å². The largest absolute Gasteiger partial charge is 0.399 e. The second-order valence-corrected chi connectivity index (χ2v) is 5.12. The van der Waals surface area contributed by atoms with Crippen molar-refractivity contribution in [1.29, 1.82) is 5.26 Å². The fraction of sp³-hybridized carbons (Fsp3) is 0. The Balaban J connectivity index is 1.90. The Morgan fingerprint density at radius 2 is 1.95 bits per heavy atom. The number of nitriles is 1. The van der Waals surface area contributed by atoms with E-state index in [9.17, 15) is 0 Å². The van der Waals surface area contributed by atoms with E-state index in [2.05, 4.69) is 16.0 Å². The summed E-state index contributed by atoms with van der Waals surface area (Å²) in [6, 6.07) is 15.1. The Labute approximate surface area is 114 Å². The number of nitrogen functional groups attached to an aromatic ring is 1. The van der Waals surface area contributed by atoms with Crippen LogP contribution in [0.4, 0.5) is 5.69 Å². The molecule has 3 N–H and O–H groups in total. The number of benzene rings is 2. The van der Waals surface area contributed by atoms with Crippen molar-refractivity contribution in [3.63, 3.8) is 0 Å². The number of anilines is 1. The van der Waals surface area contributed by atoms with Gasteiger partial charge in [-0.1, -0.05) is 11.8 Å². The number of fused-ring (bicyclic) bond motifs is 1. The molecule has 4 nitrogen and oxygen atoms in total. The predicted octanol–water partition coefficient (Wildman–Crippen LogP) is 3.17. The highest BCUT2D eigenvalue weighted by molar-refractivity contribution is 7.99. The van der Waals surface area contributed by atoms with Crippen molar-refractivity contribution in [1.82, 2.24) is 9.97 Å². The van der Waals surface area contributed by atoms with Gasteiger partial charge in [0.1, 0.15) is 0 Å². The van der Waals surface area contributed by atoms with E-state index in [0.717, 1.165) is 21.1 Å². The molecular weight excluding hydrogens is 256 g/mol. The summed E-state index contributed by atoms with van der Waals surface area (Å²) in [6.45, 7) is 0. The molecule has 0 saturated heterocycles. The molecule has 0 unspecified atom stereocenters. The first kappa shape index (κ1) is 11.6. The monoisotopic (exact) mass is 266 g/mol. The van der Waals surface area contributed by atoms with E-state index < -0.39 is 0 Å². The van der Waals surface area contributed by atoms with Crippen molar-refractivity contribution in [3.05, 3.63) is 48.0 Å². The van der Waals surface area contributed by atoms with Gasteiger partial charge in [-0.05, 0) is 42.5 Å². The van der Waals surface area contributed by atoms with Gasteiger partial charge < -0.3 is 10.7 Å². The van der Waals surface area contributed by atoms with Crippen LogP contribution in [-0.2, 0) is 0 Å². The summed E-state index contributed by atoms with van der Waals surface area (Å²) in [4.78, 5) is 8.73. The van der Waals surface area contributed by atoms with E-state index in [4.69, 9.17) is 11.0 Å². The second-order valence-electron chi connectivity index (χ2n) is 4.06. The van der Waals surface area contributed by atoms with Crippen LogP contribution >= 0.6 is 11.8 Å². The predicted molar refractivity (Wildman–Crippen MR) is 75.8 cm³/mol. The number of hydrogen-bond donors (Lipinski definition) is 2. The van der Waals surface area contributed by atoms with Crippen molar-refractivity contribution in [2.24, 2.45) is 0 Å². The first-order valence-corrected chi connectivity index (χ1v) is 6.49. The first-order valence-electron chi connectivity index (χ1n) is 5.68. The molecular formula is C14H10N4S. The number of hydrogen-bond acceptors (Lipinski definition) is 4. The molecule has 92 valence electrons. The van der Waals surface area contributed by atoms with E-state index in [1.807, 2.05) is 30.3 Å². The maximum absolute atomic E-state index is 8.75. The molecule has 0 saturated carbocycles. The number of nitrogens with two attached hydrogens (primary N) is 1. The molecule has 0 radical (unpaired) electrons. The molecule has 0 amide bonds. The molecule has 0 aliphatic rings. The minimum atomic E-state index is 0.654. The van der Waals surface area contributed by atoms with Gasteiger partial charge in [0.2, 0.25) is 0 Å². The van der Waals surface area contributed by atoms with Crippen LogP contribution in [-0.4, -0.2) is 9.97 Å². The Bertz CT molecular complexity index is 768. The first-order chi connectivity index (χ1) is 9.24. The standard InChI is InChI=1S/C14H10N4S/c15-8-9-1-4-11(5-2-9)19-14-17-12-6-3-10(16)7-13(12)18-14/h1-7H,16H2,(H,17,18). The van der Waals surface area contributed by atoms with Gasteiger partial charge in [-0.25, -0.2) is 4.98 Å². The summed E-state index contributed by atoms with van der Waals surface area (Å²) < 4.78 is 0. The van der Waals surface area contributed by atoms with Crippen molar-refractivity contribution in [2.75, 3.05) is 5.73 Å². The lowest BCUT2D eigenvalue weighted by atomic mass is 10.2. The summed E-state index contributed by atoms with van der Waals surface area (Å²) in [6.07, 6.45) is 0. The molecule has 0 aliphatic heterocycles. The molecule has 3 rings (SSSR count). The normalized spacial score (nSPS) is 10.5. The van der Waals surface area contributed by atoms with Crippen LogP contribution < -0.4 is 5.73 Å². The Hall–Kier alpha value is -2.45. The molecule has 0 bridgehead atoms. The summed E-state index contributed by atoms with van der Waals surface area (Å²) >= 11 is 1.52. The van der Waals surface area contributed by atoms with E-state index in [1.165, 1.54) is 11.8 Å². The fourth-order valence-electron chi connectivity index (χ4n) is 1.76. The van der Waals surface area contributed by atoms with Crippen LogP contribution in [0.2, 0.25) is 0 Å². The Morgan fingerprint density at radius 1 is 1.16 bits per heavy atom. The minimum absolute atomic E-state index is 0.654. The number of rotatable bonds is 2. The van der Waals surface area contributed by atoms with Crippen LogP contribution in [0.25, 0.3) is 11.0 Å². The van der Waals surface area contributed by atoms with Gasteiger partial charge in [-0.15, -0.1) is 0 Å². The van der Waals surface area contributed by atoms with Gasteiger partial charge in [0.05, 0.1) is 22.7 Å². The molecule has 0 atom stereocenters. The topological polar surface area (TPSA) is 78.5 Å². The zero-order valence-electron chi connectivity index (χ0n) is 9.92. The lowest BCUT2D eigenvalue weighted by Crippen LogP contribution is -1.82. The number of imidazole rings is 1. The molecule has 0 aliphatic carbocycles. The zero-order valence-corrected chi connectivity index (χ0v) is 10.7. The van der Waals surface area contributed by atoms with Crippen LogP contribution in [0.3, 0.4) is 0 Å². The minimum Gasteiger partial charge on any atom is -0.399 e. The number of aromatic amines is 1. The van der Waals surface area contributed by atoms with Crippen molar-refractivity contribution < 1.29 is 0 Å². The highest BCUT2D eigenvalue weighted by Crippen LogP contribution is 2.27. The molecule has 3 aromatic rings. The van der Waals surface area contributed by atoms with Gasteiger partial charge in [0.25, 0.3) is 0 Å². The number of aromatic nitrogens is 2. The van der Waals surface area contributed by atoms with E-state index in [1.54, 1.807) is 12.1 Å². The molecule has 0 fully saturated rings. The molecule has 1 heterocycles. The van der Waals surface area contributed by atoms with Gasteiger partial charge in [0.15, 0.2) is 5.16 Å². The van der Waals surface area contributed by atoms with Crippen molar-refractivity contribution in [2.45, 2.75) is 10.1 Å². The maximum atomic E-state index is 8.75. The average molecular weight is 266 g/mol. The lowest BCUT2D eigenvalue weighted by molar-refractivity contribution is 1.08. The molecule has 19 heavy (non-hydrogen) atoms. The van der Waals surface area contributed by atoms with Crippen LogP contribution in [0.15, 0.2) is 52.5 Å². The number of H-pyrrole nitrogens is 1. The third kappa shape index (κ3) is 2.39. The van der Waals surface area contributed by atoms with E-state index in [-0.39, 0.29) is 0 Å². The second kappa shape index (κ2) is 4.67. The average Bonchev–Trinajstić information content (AvgIpc) is 2.81. The summed E-state index contributed by atoms with van der Waals surface area (Å²) in [5, 5.41) is 9.56. The van der Waals surface area contributed by atoms with Crippen LogP contribution in [0.5, 0.6) is 0 Å². The van der Waals surface area contributed by atoms with Crippen LogP contribution in [0.1, 0.15) is 5.56 Å². The number of nitrogens with one attached hydrogen (secondary N) is 1. The van der Waals surface area contributed by atoms with Gasteiger partial charge >= 0.3 is 0 Å². The molecule has 1 aromatic heterocycles. The Morgan fingerprint density at radius 3 is 2.68 bits per heavy atom. The van der Waals surface area contributed by atoms with Gasteiger partial charge in [-0.3, -0.25) is 0 Å². The lowest BCUT2D eigenvalue weighted by Gasteiger charge is -1.96. The highest BCUT2D eigenvalue weighted by atomic mass is 32.2. The highest BCUT2D eigenvalue weighted by Gasteiger charge is 2.05. The Kier molecular flexibility index (Phi) is 2.86. The van der Waals surface area contributed by atoms with E-state index >= 15 is 0 Å². The molecule has 2 aromatic carbocycles. The van der Waals surface area contributed by atoms with Crippen molar-refractivity contribution in [3.8, 4) is 6.07 Å². The fourth-order valence-corrected chi connectivity index (χ4v) is 2.56. The molecule has 0 spiro atoms.